The first-order chi connectivity index (χ1) is 15.3. The standard InChI is InChI=1S/C22H22F3N3O3S/c1-32-18-8-6-17(7-9-18)26-20(29)30-28-12-10-21(11-13-28)14-19(27-31-21)15-2-4-16(5-3-15)22(23,24)25/h2-9H,10-14H2,1H3,(H,26,29). The molecule has 170 valence electrons. The normalized spacial score (nSPS) is 18.2. The Kier molecular flexibility index (Phi) is 6.34. The molecule has 1 fully saturated rings. The molecule has 0 atom stereocenters. The Balaban J connectivity index is 1.27. The summed E-state index contributed by atoms with van der Waals surface area (Å²) in [6.45, 7) is 0.934. The summed E-state index contributed by atoms with van der Waals surface area (Å²) in [5.41, 5.74) is 0.663. The van der Waals surface area contributed by atoms with E-state index in [1.54, 1.807) is 16.8 Å². The van der Waals surface area contributed by atoms with Crippen LogP contribution in [0.25, 0.3) is 0 Å². The summed E-state index contributed by atoms with van der Waals surface area (Å²) in [4.78, 5) is 24.4. The zero-order chi connectivity index (χ0) is 22.8. The van der Waals surface area contributed by atoms with Crippen molar-refractivity contribution in [2.75, 3.05) is 24.7 Å². The largest absolute Gasteiger partial charge is 0.430 e. The topological polar surface area (TPSA) is 63.2 Å². The van der Waals surface area contributed by atoms with E-state index in [1.807, 2.05) is 30.5 Å². The van der Waals surface area contributed by atoms with Crippen LogP contribution in [0.3, 0.4) is 0 Å². The molecular weight excluding hydrogens is 443 g/mol. The van der Waals surface area contributed by atoms with E-state index in [0.717, 1.165) is 17.0 Å². The summed E-state index contributed by atoms with van der Waals surface area (Å²) in [6, 6.07) is 12.4. The predicted molar refractivity (Wildman–Crippen MR) is 116 cm³/mol. The lowest BCUT2D eigenvalue weighted by molar-refractivity contribution is -0.154. The fraction of sp³-hybridized carbons (Fsp3) is 0.364. The molecule has 2 aliphatic rings. The first-order valence-corrected chi connectivity index (χ1v) is 11.3. The van der Waals surface area contributed by atoms with Crippen molar-refractivity contribution in [3.05, 3.63) is 59.7 Å². The fourth-order valence-corrected chi connectivity index (χ4v) is 4.12. The van der Waals surface area contributed by atoms with Gasteiger partial charge in [0, 0.05) is 42.9 Å². The molecule has 0 radical (unpaired) electrons. The van der Waals surface area contributed by atoms with Crippen molar-refractivity contribution in [3.63, 3.8) is 0 Å². The molecule has 1 spiro atoms. The van der Waals surface area contributed by atoms with Gasteiger partial charge < -0.3 is 9.68 Å². The minimum absolute atomic E-state index is 0.467. The highest BCUT2D eigenvalue weighted by molar-refractivity contribution is 7.98. The lowest BCUT2D eigenvalue weighted by Crippen LogP contribution is -2.45. The summed E-state index contributed by atoms with van der Waals surface area (Å²) >= 11 is 1.62. The van der Waals surface area contributed by atoms with Gasteiger partial charge in [-0.3, -0.25) is 5.32 Å². The summed E-state index contributed by atoms with van der Waals surface area (Å²) < 4.78 is 38.3. The molecule has 1 amide bonds. The van der Waals surface area contributed by atoms with E-state index in [4.69, 9.17) is 9.68 Å². The lowest BCUT2D eigenvalue weighted by Gasteiger charge is -2.35. The highest BCUT2D eigenvalue weighted by Crippen LogP contribution is 2.37. The molecule has 2 aromatic rings. The molecule has 2 aliphatic heterocycles. The number of alkyl halides is 3. The van der Waals surface area contributed by atoms with Crippen molar-refractivity contribution in [3.8, 4) is 0 Å². The number of benzene rings is 2. The van der Waals surface area contributed by atoms with Crippen LogP contribution in [0.4, 0.5) is 23.7 Å². The lowest BCUT2D eigenvalue weighted by atomic mass is 9.86. The van der Waals surface area contributed by atoms with Gasteiger partial charge in [0.25, 0.3) is 0 Å². The van der Waals surface area contributed by atoms with Crippen molar-refractivity contribution >= 4 is 29.3 Å². The van der Waals surface area contributed by atoms with Crippen molar-refractivity contribution in [1.82, 2.24) is 5.06 Å². The zero-order valence-electron chi connectivity index (χ0n) is 17.3. The number of hydrogen-bond acceptors (Lipinski definition) is 6. The van der Waals surface area contributed by atoms with Crippen LogP contribution in [0, 0.1) is 0 Å². The number of halogens is 3. The monoisotopic (exact) mass is 465 g/mol. The predicted octanol–water partition coefficient (Wildman–Crippen LogP) is 5.55. The Morgan fingerprint density at radius 2 is 1.78 bits per heavy atom. The van der Waals surface area contributed by atoms with Gasteiger partial charge in [-0.15, -0.1) is 16.8 Å². The minimum atomic E-state index is -4.37. The van der Waals surface area contributed by atoms with Gasteiger partial charge in [0.05, 0.1) is 11.3 Å². The molecule has 1 N–H and O–H groups in total. The third-order valence-corrected chi connectivity index (χ3v) is 6.31. The van der Waals surface area contributed by atoms with E-state index in [0.29, 0.717) is 49.3 Å². The Morgan fingerprint density at radius 3 is 2.38 bits per heavy atom. The Labute approximate surface area is 187 Å². The van der Waals surface area contributed by atoms with E-state index < -0.39 is 23.4 Å². The second-order valence-corrected chi connectivity index (χ2v) is 8.61. The first kappa shape index (κ1) is 22.5. The number of amides is 1. The van der Waals surface area contributed by atoms with E-state index in [2.05, 4.69) is 10.5 Å². The van der Waals surface area contributed by atoms with Gasteiger partial charge in [-0.1, -0.05) is 17.3 Å². The highest BCUT2D eigenvalue weighted by Gasteiger charge is 2.43. The average molecular weight is 465 g/mol. The number of anilines is 1. The molecule has 1 saturated heterocycles. The van der Waals surface area contributed by atoms with Gasteiger partial charge in [0.2, 0.25) is 0 Å². The molecule has 4 rings (SSSR count). The Morgan fingerprint density at radius 1 is 1.12 bits per heavy atom. The van der Waals surface area contributed by atoms with Crippen LogP contribution in [-0.4, -0.2) is 41.8 Å². The van der Waals surface area contributed by atoms with Gasteiger partial charge in [-0.2, -0.15) is 13.2 Å². The molecule has 0 unspecified atom stereocenters. The number of piperidine rings is 1. The maximum Gasteiger partial charge on any atom is 0.430 e. The van der Waals surface area contributed by atoms with Crippen LogP contribution in [0.1, 0.15) is 30.4 Å². The molecule has 6 nitrogen and oxygen atoms in total. The number of hydrogen-bond donors (Lipinski definition) is 1. The fourth-order valence-electron chi connectivity index (χ4n) is 3.71. The van der Waals surface area contributed by atoms with E-state index in [9.17, 15) is 18.0 Å². The maximum absolute atomic E-state index is 12.8. The van der Waals surface area contributed by atoms with Gasteiger partial charge in [-0.25, -0.2) is 4.79 Å². The van der Waals surface area contributed by atoms with Gasteiger partial charge in [0.15, 0.2) is 0 Å². The molecule has 0 saturated carbocycles. The van der Waals surface area contributed by atoms with Crippen molar-refractivity contribution in [2.24, 2.45) is 5.16 Å². The quantitative estimate of drug-likeness (QED) is 0.600. The van der Waals surface area contributed by atoms with Crippen LogP contribution in [-0.2, 0) is 15.9 Å². The maximum atomic E-state index is 12.8. The summed E-state index contributed by atoms with van der Waals surface area (Å²) in [7, 11) is 0. The van der Waals surface area contributed by atoms with Crippen LogP contribution in [0.2, 0.25) is 0 Å². The number of rotatable bonds is 4. The average Bonchev–Trinajstić information content (AvgIpc) is 3.19. The molecule has 0 aromatic heterocycles. The van der Waals surface area contributed by atoms with Gasteiger partial charge in [-0.05, 0) is 48.2 Å². The smallest absolute Gasteiger partial charge is 0.388 e. The molecule has 10 heteroatoms. The second-order valence-electron chi connectivity index (χ2n) is 7.73. The molecule has 32 heavy (non-hydrogen) atoms. The summed E-state index contributed by atoms with van der Waals surface area (Å²) in [5.74, 6) is 0. The Bertz CT molecular complexity index is 986. The van der Waals surface area contributed by atoms with E-state index in [1.165, 1.54) is 12.1 Å². The minimum Gasteiger partial charge on any atom is -0.388 e. The van der Waals surface area contributed by atoms with Gasteiger partial charge in [0.1, 0.15) is 5.60 Å². The first-order valence-electron chi connectivity index (χ1n) is 10.1. The van der Waals surface area contributed by atoms with Crippen molar-refractivity contribution < 1.29 is 27.6 Å². The van der Waals surface area contributed by atoms with Gasteiger partial charge >= 0.3 is 12.3 Å². The van der Waals surface area contributed by atoms with E-state index in [-0.39, 0.29) is 0 Å². The zero-order valence-corrected chi connectivity index (χ0v) is 18.1. The van der Waals surface area contributed by atoms with Crippen molar-refractivity contribution in [1.29, 1.82) is 0 Å². The third-order valence-electron chi connectivity index (χ3n) is 5.57. The number of carbonyl (C=O) groups excluding carboxylic acids is 1. The summed E-state index contributed by atoms with van der Waals surface area (Å²) in [5, 5.41) is 8.40. The van der Waals surface area contributed by atoms with Crippen LogP contribution < -0.4 is 5.32 Å². The number of hydroxylamine groups is 2. The third kappa shape index (κ3) is 5.18. The Hall–Kier alpha value is -2.72. The summed E-state index contributed by atoms with van der Waals surface area (Å²) in [6.07, 6.45) is -1.30. The number of thioether (sulfide) groups is 1. The second kappa shape index (κ2) is 9.03. The molecule has 0 bridgehead atoms. The van der Waals surface area contributed by atoms with E-state index >= 15 is 0 Å². The highest BCUT2D eigenvalue weighted by atomic mass is 32.2. The molecule has 2 aromatic carbocycles. The molecular formula is C22H22F3N3O3S. The number of carbonyl (C=O) groups is 1. The van der Waals surface area contributed by atoms with Crippen LogP contribution >= 0.6 is 11.8 Å². The SMILES string of the molecule is CSc1ccc(NC(=O)ON2CCC3(CC2)CC(c2ccc(C(F)(F)F)cc2)=NO3)cc1. The van der Waals surface area contributed by atoms with Crippen LogP contribution in [0.5, 0.6) is 0 Å². The molecule has 2 heterocycles. The number of oxime groups is 1. The number of nitrogens with zero attached hydrogens (tertiary/aromatic N) is 2. The number of nitrogens with one attached hydrogen (secondary N) is 1. The van der Waals surface area contributed by atoms with Crippen LogP contribution in [0.15, 0.2) is 58.6 Å². The molecule has 0 aliphatic carbocycles. The van der Waals surface area contributed by atoms with Crippen molar-refractivity contribution in [2.45, 2.75) is 35.9 Å².